The maximum absolute atomic E-state index is 9.67. The summed E-state index contributed by atoms with van der Waals surface area (Å²) in [5.41, 5.74) is 21.6. The molecule has 0 radical (unpaired) electrons. The SMILES string of the molecule is CC1(C)c2ccccc2-c2ccc(-c3c4ccccc4c(-c4ccc5c(c4)C(C)(C)c4ccccc4-5)c4cc(-c5ccc(N(c6ccc(C#N)cc6)c6cccc7ccccc67)cc5)ccc34)cc21. The van der Waals surface area contributed by atoms with E-state index < -0.39 is 0 Å². The molecule has 0 unspecified atom stereocenters. The van der Waals surface area contributed by atoms with Crippen LogP contribution >= 0.6 is 0 Å². The van der Waals surface area contributed by atoms with Crippen LogP contribution in [0, 0.1) is 11.3 Å². The van der Waals surface area contributed by atoms with E-state index >= 15 is 0 Å². The number of anilines is 3. The standard InChI is InChI=1S/C67H48N2/c1-66(2)59-21-11-9-17-51(59)53-35-29-46(39-61(53)66)64-55-19-7-8-20-56(55)65(47-30-36-54-52-18-10-12-22-60(52)67(3,4)62(54)40-47)58-38-45(28-37-57(58)64)43-26-33-49(34-27-43)69(48-31-24-42(41-68)25-32-48)63-23-13-15-44-14-5-6-16-50(44)63/h5-40H,1-4H3. The lowest BCUT2D eigenvalue weighted by Crippen LogP contribution is -2.15. The predicted octanol–water partition coefficient (Wildman–Crippen LogP) is 18.1. The van der Waals surface area contributed by atoms with Crippen molar-refractivity contribution in [1.82, 2.24) is 0 Å². The quantitative estimate of drug-likeness (QED) is 0.156. The van der Waals surface area contributed by atoms with Crippen LogP contribution in [0.4, 0.5) is 17.1 Å². The Morgan fingerprint density at radius 1 is 0.348 bits per heavy atom. The molecule has 0 fully saturated rings. The van der Waals surface area contributed by atoms with Crippen molar-refractivity contribution >= 4 is 49.4 Å². The van der Waals surface area contributed by atoms with Gasteiger partial charge in [0.05, 0.1) is 17.3 Å². The third-order valence-electron chi connectivity index (χ3n) is 15.5. The molecule has 0 heterocycles. The van der Waals surface area contributed by atoms with E-state index in [4.69, 9.17) is 0 Å². The zero-order valence-electron chi connectivity index (χ0n) is 39.2. The number of hydrogen-bond donors (Lipinski definition) is 0. The van der Waals surface area contributed by atoms with Crippen LogP contribution in [-0.4, -0.2) is 0 Å². The number of benzene rings is 11. The second kappa shape index (κ2) is 15.3. The number of nitrogens with zero attached hydrogens (tertiary/aromatic N) is 2. The monoisotopic (exact) mass is 880 g/mol. The number of nitriles is 1. The molecule has 2 heteroatoms. The molecule has 326 valence electrons. The van der Waals surface area contributed by atoms with Crippen LogP contribution in [0.3, 0.4) is 0 Å². The Kier molecular flexibility index (Phi) is 9.01. The Balaban J connectivity index is 1.01. The van der Waals surface area contributed by atoms with Crippen molar-refractivity contribution in [3.05, 3.63) is 246 Å². The second-order valence-corrected chi connectivity index (χ2v) is 20.0. The Morgan fingerprint density at radius 2 is 0.797 bits per heavy atom. The molecule has 11 aromatic carbocycles. The Hall–Kier alpha value is -8.51. The van der Waals surface area contributed by atoms with Gasteiger partial charge in [-0.2, -0.15) is 5.26 Å². The van der Waals surface area contributed by atoms with E-state index in [-0.39, 0.29) is 10.8 Å². The smallest absolute Gasteiger partial charge is 0.0991 e. The molecule has 0 N–H and O–H groups in total. The summed E-state index contributed by atoms with van der Waals surface area (Å²) >= 11 is 0. The molecule has 0 bridgehead atoms. The van der Waals surface area contributed by atoms with Crippen LogP contribution in [-0.2, 0) is 10.8 Å². The minimum Gasteiger partial charge on any atom is -0.310 e. The first-order valence-corrected chi connectivity index (χ1v) is 24.1. The van der Waals surface area contributed by atoms with Crippen LogP contribution in [0.1, 0.15) is 55.5 Å². The Morgan fingerprint density at radius 3 is 1.39 bits per heavy atom. The summed E-state index contributed by atoms with van der Waals surface area (Å²) in [6.07, 6.45) is 0. The summed E-state index contributed by atoms with van der Waals surface area (Å²) in [6, 6.07) is 82.6. The highest BCUT2D eigenvalue weighted by Gasteiger charge is 2.37. The molecule has 11 aromatic rings. The minimum atomic E-state index is -0.132. The second-order valence-electron chi connectivity index (χ2n) is 20.0. The summed E-state index contributed by atoms with van der Waals surface area (Å²) in [4.78, 5) is 2.30. The first kappa shape index (κ1) is 40.7. The van der Waals surface area contributed by atoms with Gasteiger partial charge in [-0.3, -0.25) is 0 Å². The summed E-state index contributed by atoms with van der Waals surface area (Å²) < 4.78 is 0. The Labute approximate surface area is 404 Å². The Bertz CT molecular complexity index is 3950. The van der Waals surface area contributed by atoms with Crippen molar-refractivity contribution in [2.75, 3.05) is 4.90 Å². The molecule has 2 nitrogen and oxygen atoms in total. The van der Waals surface area contributed by atoms with Gasteiger partial charge in [-0.1, -0.05) is 185 Å². The van der Waals surface area contributed by atoms with Gasteiger partial charge in [0.1, 0.15) is 0 Å². The van der Waals surface area contributed by atoms with Gasteiger partial charge >= 0.3 is 0 Å². The van der Waals surface area contributed by atoms with Gasteiger partial charge in [0.2, 0.25) is 0 Å². The minimum absolute atomic E-state index is 0.120. The average molecular weight is 881 g/mol. The lowest BCUT2D eigenvalue weighted by Gasteiger charge is -2.27. The summed E-state index contributed by atoms with van der Waals surface area (Å²) in [5, 5.41) is 17.0. The van der Waals surface area contributed by atoms with Crippen LogP contribution in [0.5, 0.6) is 0 Å². The summed E-state index contributed by atoms with van der Waals surface area (Å²) in [7, 11) is 0. The van der Waals surface area contributed by atoms with Crippen molar-refractivity contribution in [1.29, 1.82) is 5.26 Å². The van der Waals surface area contributed by atoms with E-state index in [1.807, 2.05) is 24.3 Å². The van der Waals surface area contributed by atoms with Crippen molar-refractivity contribution in [3.63, 3.8) is 0 Å². The van der Waals surface area contributed by atoms with Crippen LogP contribution in [0.25, 0.3) is 88.0 Å². The van der Waals surface area contributed by atoms with Gasteiger partial charge in [0.25, 0.3) is 0 Å². The molecule has 0 amide bonds. The van der Waals surface area contributed by atoms with Crippen molar-refractivity contribution in [3.8, 4) is 61.7 Å². The third-order valence-corrected chi connectivity index (χ3v) is 15.5. The van der Waals surface area contributed by atoms with E-state index in [9.17, 15) is 5.26 Å². The van der Waals surface area contributed by atoms with Crippen LogP contribution in [0.15, 0.2) is 218 Å². The molecule has 0 spiro atoms. The molecular formula is C67H48N2. The van der Waals surface area contributed by atoms with E-state index in [2.05, 4.69) is 233 Å². The summed E-state index contributed by atoms with van der Waals surface area (Å²) in [5.74, 6) is 0. The molecule has 2 aliphatic carbocycles. The van der Waals surface area contributed by atoms with Gasteiger partial charge in [-0.25, -0.2) is 0 Å². The molecular weight excluding hydrogens is 833 g/mol. The maximum atomic E-state index is 9.67. The highest BCUT2D eigenvalue weighted by molar-refractivity contribution is 6.22. The van der Waals surface area contributed by atoms with Gasteiger partial charge in [-0.05, 0) is 165 Å². The first-order valence-electron chi connectivity index (χ1n) is 24.1. The molecule has 0 aliphatic heterocycles. The fourth-order valence-corrected chi connectivity index (χ4v) is 12.0. The number of rotatable bonds is 6. The highest BCUT2D eigenvalue weighted by Crippen LogP contribution is 2.54. The van der Waals surface area contributed by atoms with Crippen molar-refractivity contribution in [2.24, 2.45) is 0 Å². The molecule has 0 saturated heterocycles. The van der Waals surface area contributed by atoms with E-state index in [0.29, 0.717) is 5.56 Å². The normalized spacial score (nSPS) is 13.7. The molecule has 0 saturated carbocycles. The van der Waals surface area contributed by atoms with E-state index in [1.165, 1.54) is 93.7 Å². The number of fused-ring (bicyclic) bond motifs is 9. The predicted molar refractivity (Wildman–Crippen MR) is 290 cm³/mol. The van der Waals surface area contributed by atoms with E-state index in [0.717, 1.165) is 33.6 Å². The molecule has 0 atom stereocenters. The maximum Gasteiger partial charge on any atom is 0.0991 e. The lowest BCUT2D eigenvalue weighted by atomic mass is 9.79. The molecule has 0 aromatic heterocycles. The molecule has 2 aliphatic rings. The fraction of sp³-hybridized carbons (Fsp3) is 0.0896. The first-order chi connectivity index (χ1) is 33.7. The highest BCUT2D eigenvalue weighted by atomic mass is 15.1. The topological polar surface area (TPSA) is 27.0 Å². The lowest BCUT2D eigenvalue weighted by molar-refractivity contribution is 0.660. The van der Waals surface area contributed by atoms with Gasteiger partial charge in [0.15, 0.2) is 0 Å². The zero-order valence-corrected chi connectivity index (χ0v) is 39.2. The van der Waals surface area contributed by atoms with Gasteiger partial charge in [0, 0.05) is 27.6 Å². The molecule has 69 heavy (non-hydrogen) atoms. The van der Waals surface area contributed by atoms with Crippen LogP contribution < -0.4 is 4.90 Å². The largest absolute Gasteiger partial charge is 0.310 e. The van der Waals surface area contributed by atoms with Gasteiger partial charge < -0.3 is 4.90 Å². The van der Waals surface area contributed by atoms with Crippen molar-refractivity contribution in [2.45, 2.75) is 38.5 Å². The average Bonchev–Trinajstić information content (AvgIpc) is 3.77. The van der Waals surface area contributed by atoms with Gasteiger partial charge in [-0.15, -0.1) is 0 Å². The number of hydrogen-bond acceptors (Lipinski definition) is 2. The van der Waals surface area contributed by atoms with Crippen molar-refractivity contribution < 1.29 is 0 Å². The fourth-order valence-electron chi connectivity index (χ4n) is 12.0. The van der Waals surface area contributed by atoms with Crippen LogP contribution in [0.2, 0.25) is 0 Å². The zero-order chi connectivity index (χ0) is 46.6. The third kappa shape index (κ3) is 6.17. The molecule has 13 rings (SSSR count). The summed E-state index contributed by atoms with van der Waals surface area (Å²) in [6.45, 7) is 9.49. The van der Waals surface area contributed by atoms with E-state index in [1.54, 1.807) is 0 Å².